The Kier molecular flexibility index (Phi) is 8.94. The molecule has 9 nitrogen and oxygen atoms in total. The van der Waals surface area contributed by atoms with Gasteiger partial charge >= 0.3 is 0 Å². The summed E-state index contributed by atoms with van der Waals surface area (Å²) < 4.78 is 16.1. The van der Waals surface area contributed by atoms with Gasteiger partial charge < -0.3 is 9.47 Å². The van der Waals surface area contributed by atoms with Crippen molar-refractivity contribution in [1.82, 2.24) is 29.7 Å². The van der Waals surface area contributed by atoms with Crippen molar-refractivity contribution >= 4 is 24.1 Å². The number of aromatic nitrogens is 6. The average molecular weight is 480 g/mol. The minimum atomic E-state index is -0.304. The van der Waals surface area contributed by atoms with Crippen LogP contribution in [0.1, 0.15) is 31.3 Å². The molecule has 10 heteroatoms. The highest BCUT2D eigenvalue weighted by molar-refractivity contribution is 8.01. The lowest BCUT2D eigenvalue weighted by Crippen LogP contribution is -2.19. The molecule has 0 amide bonds. The number of pyridine rings is 1. The summed E-state index contributed by atoms with van der Waals surface area (Å²) in [6.07, 6.45) is 10.7. The minimum Gasteiger partial charge on any atom is -0.481 e. The first-order valence-corrected chi connectivity index (χ1v) is 11.5. The van der Waals surface area contributed by atoms with Crippen LogP contribution in [-0.2, 0) is 4.74 Å². The number of rotatable bonds is 11. The highest BCUT2D eigenvalue weighted by Crippen LogP contribution is 2.29. The molecule has 0 spiro atoms. The molecule has 0 fully saturated rings. The van der Waals surface area contributed by atoms with Crippen LogP contribution < -0.4 is 9.46 Å². The fourth-order valence-electron chi connectivity index (χ4n) is 3.04. The Morgan fingerprint density at radius 1 is 1.21 bits per heavy atom. The summed E-state index contributed by atoms with van der Waals surface area (Å²) in [5.74, 6) is 2.24. The van der Waals surface area contributed by atoms with Crippen LogP contribution in [0.25, 0.3) is 17.7 Å². The SMILES string of the molecule is C=C/C=C\C(C)=C\n1c(NSC(C)C(OC)c2ncc(C)cn2)nnc1-c1cccc(OC)n1. The predicted molar refractivity (Wildman–Crippen MR) is 136 cm³/mol. The number of methoxy groups -OCH3 is 2. The van der Waals surface area contributed by atoms with Crippen molar-refractivity contribution in [2.24, 2.45) is 0 Å². The van der Waals surface area contributed by atoms with Crippen LogP contribution in [0.3, 0.4) is 0 Å². The fourth-order valence-corrected chi connectivity index (χ4v) is 3.83. The van der Waals surface area contributed by atoms with Gasteiger partial charge in [-0.1, -0.05) is 30.9 Å². The molecular formula is C24H29N7O2S. The van der Waals surface area contributed by atoms with Gasteiger partial charge in [0.05, 0.1) is 12.4 Å². The summed E-state index contributed by atoms with van der Waals surface area (Å²) in [4.78, 5) is 13.3. The summed E-state index contributed by atoms with van der Waals surface area (Å²) in [5, 5.41) is 8.72. The van der Waals surface area contributed by atoms with Crippen molar-refractivity contribution in [2.45, 2.75) is 32.1 Å². The molecule has 0 saturated carbocycles. The zero-order valence-corrected chi connectivity index (χ0v) is 20.8. The van der Waals surface area contributed by atoms with E-state index in [0.29, 0.717) is 29.2 Å². The third kappa shape index (κ3) is 6.30. The second kappa shape index (κ2) is 12.1. The molecular weight excluding hydrogens is 450 g/mol. The number of aryl methyl sites for hydroxylation is 1. The van der Waals surface area contributed by atoms with Gasteiger partial charge in [0.2, 0.25) is 11.8 Å². The van der Waals surface area contributed by atoms with Gasteiger partial charge in [0.25, 0.3) is 0 Å². The number of allylic oxidation sites excluding steroid dienone is 4. The van der Waals surface area contributed by atoms with Gasteiger partial charge in [-0.3, -0.25) is 9.29 Å². The summed E-state index contributed by atoms with van der Waals surface area (Å²) >= 11 is 1.45. The average Bonchev–Trinajstić information content (AvgIpc) is 3.25. The van der Waals surface area contributed by atoms with E-state index in [2.05, 4.69) is 36.5 Å². The van der Waals surface area contributed by atoms with E-state index in [1.54, 1.807) is 38.8 Å². The fraction of sp³-hybridized carbons (Fsp3) is 0.292. The van der Waals surface area contributed by atoms with E-state index in [-0.39, 0.29) is 11.4 Å². The highest BCUT2D eigenvalue weighted by Gasteiger charge is 2.24. The number of anilines is 1. The first-order valence-electron chi connectivity index (χ1n) is 10.6. The van der Waals surface area contributed by atoms with Crippen LogP contribution in [0, 0.1) is 6.92 Å². The van der Waals surface area contributed by atoms with Crippen LogP contribution >= 0.6 is 11.9 Å². The first-order chi connectivity index (χ1) is 16.5. The number of hydrogen-bond donors (Lipinski definition) is 1. The third-order valence-electron chi connectivity index (χ3n) is 4.76. The Morgan fingerprint density at radius 3 is 2.65 bits per heavy atom. The zero-order valence-electron chi connectivity index (χ0n) is 20.0. The van der Waals surface area contributed by atoms with Crippen molar-refractivity contribution in [3.8, 4) is 17.4 Å². The molecule has 178 valence electrons. The van der Waals surface area contributed by atoms with Crippen molar-refractivity contribution in [3.63, 3.8) is 0 Å². The smallest absolute Gasteiger partial charge is 0.239 e. The van der Waals surface area contributed by atoms with Gasteiger partial charge in [0.1, 0.15) is 11.8 Å². The molecule has 0 aliphatic rings. The van der Waals surface area contributed by atoms with Crippen LogP contribution in [0.15, 0.2) is 61.0 Å². The number of ether oxygens (including phenoxy) is 2. The molecule has 2 atom stereocenters. The van der Waals surface area contributed by atoms with E-state index in [9.17, 15) is 0 Å². The molecule has 0 saturated heterocycles. The number of hydrogen-bond acceptors (Lipinski definition) is 9. The van der Waals surface area contributed by atoms with Crippen LogP contribution in [-0.4, -0.2) is 49.2 Å². The molecule has 0 aliphatic carbocycles. The van der Waals surface area contributed by atoms with Gasteiger partial charge in [-0.25, -0.2) is 15.0 Å². The summed E-state index contributed by atoms with van der Waals surface area (Å²) in [6.45, 7) is 9.70. The van der Waals surface area contributed by atoms with E-state index in [4.69, 9.17) is 9.47 Å². The molecule has 34 heavy (non-hydrogen) atoms. The normalized spacial score (nSPS) is 13.6. The topological polar surface area (TPSA) is 99.9 Å². The van der Waals surface area contributed by atoms with Crippen molar-refractivity contribution in [2.75, 3.05) is 18.9 Å². The van der Waals surface area contributed by atoms with E-state index in [1.165, 1.54) is 11.9 Å². The maximum Gasteiger partial charge on any atom is 0.239 e. The highest BCUT2D eigenvalue weighted by atomic mass is 32.2. The minimum absolute atomic E-state index is 0.0259. The maximum absolute atomic E-state index is 5.68. The van der Waals surface area contributed by atoms with Gasteiger partial charge in [0, 0.05) is 31.8 Å². The zero-order chi connectivity index (χ0) is 24.5. The molecule has 3 rings (SSSR count). The van der Waals surface area contributed by atoms with Gasteiger partial charge in [-0.2, -0.15) is 0 Å². The van der Waals surface area contributed by atoms with Crippen LogP contribution in [0.2, 0.25) is 0 Å². The molecule has 0 aliphatic heterocycles. The molecule has 3 aromatic heterocycles. The Labute approximate surface area is 204 Å². The number of nitrogens with zero attached hydrogens (tertiary/aromatic N) is 6. The Bertz CT molecular complexity index is 1160. The molecule has 0 aromatic carbocycles. The second-order valence-electron chi connectivity index (χ2n) is 7.45. The molecule has 1 N–H and O–H groups in total. The Hall–Kier alpha value is -3.50. The van der Waals surface area contributed by atoms with E-state index < -0.39 is 0 Å². The lowest BCUT2D eigenvalue weighted by atomic mass is 10.2. The van der Waals surface area contributed by atoms with Crippen LogP contribution in [0.5, 0.6) is 5.88 Å². The van der Waals surface area contributed by atoms with Crippen LogP contribution in [0.4, 0.5) is 5.95 Å². The van der Waals surface area contributed by atoms with Gasteiger partial charge in [-0.05, 0) is 49.9 Å². The largest absolute Gasteiger partial charge is 0.481 e. The molecule has 0 radical (unpaired) electrons. The predicted octanol–water partition coefficient (Wildman–Crippen LogP) is 4.89. The van der Waals surface area contributed by atoms with Gasteiger partial charge in [-0.15, -0.1) is 10.2 Å². The van der Waals surface area contributed by atoms with E-state index in [0.717, 1.165) is 11.1 Å². The molecule has 2 unspecified atom stereocenters. The number of nitrogens with one attached hydrogen (secondary N) is 1. The lowest BCUT2D eigenvalue weighted by molar-refractivity contribution is 0.0972. The summed E-state index contributed by atoms with van der Waals surface area (Å²) in [5.41, 5.74) is 2.61. The lowest BCUT2D eigenvalue weighted by Gasteiger charge is -2.21. The first kappa shape index (κ1) is 25.1. The summed E-state index contributed by atoms with van der Waals surface area (Å²) in [7, 11) is 3.23. The molecule has 0 bridgehead atoms. The quantitative estimate of drug-likeness (QED) is 0.304. The van der Waals surface area contributed by atoms with Crippen molar-refractivity contribution in [1.29, 1.82) is 0 Å². The summed E-state index contributed by atoms with van der Waals surface area (Å²) in [6, 6.07) is 5.51. The van der Waals surface area contributed by atoms with Crippen molar-refractivity contribution < 1.29 is 9.47 Å². The third-order valence-corrected chi connectivity index (χ3v) is 5.68. The second-order valence-corrected chi connectivity index (χ2v) is 8.63. The molecule has 3 heterocycles. The van der Waals surface area contributed by atoms with E-state index in [1.807, 2.05) is 55.8 Å². The van der Waals surface area contributed by atoms with Crippen molar-refractivity contribution in [3.05, 3.63) is 72.4 Å². The maximum atomic E-state index is 5.68. The monoisotopic (exact) mass is 479 g/mol. The van der Waals surface area contributed by atoms with E-state index >= 15 is 0 Å². The Balaban J connectivity index is 1.89. The van der Waals surface area contributed by atoms with Gasteiger partial charge in [0.15, 0.2) is 11.6 Å². The Morgan fingerprint density at radius 2 is 1.97 bits per heavy atom. The molecule has 3 aromatic rings. The standard InChI is InChI=1S/C24H29N7O2S/c1-7-8-10-16(2)15-31-23(19-11-9-12-20(27-19)32-5)28-29-24(31)30-34-18(4)21(33-6)22-25-13-17(3)14-26-22/h7-15,18,21H,1H2,2-6H3,(H,29,30)/b10-8-,16-15+.